The van der Waals surface area contributed by atoms with E-state index < -0.39 is 11.4 Å². The van der Waals surface area contributed by atoms with Gasteiger partial charge in [-0.05, 0) is 19.1 Å². The van der Waals surface area contributed by atoms with E-state index in [1.54, 1.807) is 28.9 Å². The summed E-state index contributed by atoms with van der Waals surface area (Å²) in [6.45, 7) is 3.80. The van der Waals surface area contributed by atoms with Gasteiger partial charge in [-0.1, -0.05) is 5.16 Å². The zero-order valence-corrected chi connectivity index (χ0v) is 15.2. The molecule has 0 aliphatic carbocycles. The smallest absolute Gasteiger partial charge is 0.411 e. The van der Waals surface area contributed by atoms with Crippen LogP contribution in [0, 0.1) is 12.7 Å². The number of hydrogen-bond donors (Lipinski definition) is 0. The van der Waals surface area contributed by atoms with Gasteiger partial charge < -0.3 is 19.1 Å². The monoisotopic (exact) mass is 387 g/mol. The molecule has 0 aromatic carbocycles. The molecule has 146 valence electrons. The molecule has 28 heavy (non-hydrogen) atoms. The van der Waals surface area contributed by atoms with Gasteiger partial charge in [0.25, 0.3) is 5.91 Å². The van der Waals surface area contributed by atoms with Crippen molar-refractivity contribution in [2.45, 2.75) is 18.6 Å². The second-order valence-electron chi connectivity index (χ2n) is 7.41. The highest BCUT2D eigenvalue weighted by molar-refractivity contribution is 5.92. The van der Waals surface area contributed by atoms with Crippen LogP contribution in [0.5, 0.6) is 0 Å². The topological polar surface area (TPSA) is 92.0 Å². The van der Waals surface area contributed by atoms with Crippen LogP contribution in [0.1, 0.15) is 16.2 Å². The van der Waals surface area contributed by atoms with Gasteiger partial charge in [-0.15, -0.1) is 0 Å². The minimum absolute atomic E-state index is 0.220. The van der Waals surface area contributed by atoms with Crippen LogP contribution in [0.4, 0.5) is 15.0 Å². The first kappa shape index (κ1) is 17.0. The third-order valence-corrected chi connectivity index (χ3v) is 5.60. The Kier molecular flexibility index (Phi) is 3.58. The predicted molar refractivity (Wildman–Crippen MR) is 93.3 cm³/mol. The zero-order valence-electron chi connectivity index (χ0n) is 15.2. The number of carbonyl (C=O) groups excluding carboxylic acids is 2. The molecule has 0 bridgehead atoms. The maximum absolute atomic E-state index is 13.1. The van der Waals surface area contributed by atoms with E-state index in [0.717, 1.165) is 6.20 Å². The number of fused-ring (bicyclic) bond motifs is 2. The normalized spacial score (nSPS) is 22.9. The lowest BCUT2D eigenvalue weighted by atomic mass is 9.84. The second kappa shape index (κ2) is 5.91. The van der Waals surface area contributed by atoms with Crippen LogP contribution in [0.25, 0.3) is 0 Å². The molecule has 5 rings (SSSR count). The third-order valence-electron chi connectivity index (χ3n) is 5.60. The number of hydrogen-bond acceptors (Lipinski definition) is 7. The van der Waals surface area contributed by atoms with Crippen molar-refractivity contribution < 1.29 is 23.2 Å². The van der Waals surface area contributed by atoms with Crippen LogP contribution in [-0.4, -0.2) is 76.3 Å². The summed E-state index contributed by atoms with van der Waals surface area (Å²) in [7, 11) is 0. The highest BCUT2D eigenvalue weighted by Crippen LogP contribution is 2.41. The van der Waals surface area contributed by atoms with E-state index in [0.29, 0.717) is 44.3 Å². The Morgan fingerprint density at radius 1 is 1.32 bits per heavy atom. The molecule has 1 unspecified atom stereocenters. The molecule has 1 spiro atoms. The first-order valence-corrected chi connectivity index (χ1v) is 9.04. The minimum Gasteiger partial charge on any atom is -0.437 e. The van der Waals surface area contributed by atoms with Gasteiger partial charge in [0.2, 0.25) is 0 Å². The molecular weight excluding hydrogens is 369 g/mol. The van der Waals surface area contributed by atoms with Crippen molar-refractivity contribution in [2.24, 2.45) is 0 Å². The number of nitrogens with zero attached hydrogens (tertiary/aromatic N) is 5. The number of ether oxygens (including phenoxy) is 1. The van der Waals surface area contributed by atoms with Crippen molar-refractivity contribution in [3.63, 3.8) is 0 Å². The molecule has 0 N–H and O–H groups in total. The second-order valence-corrected chi connectivity index (χ2v) is 7.41. The molecule has 3 fully saturated rings. The Morgan fingerprint density at radius 2 is 2.14 bits per heavy atom. The van der Waals surface area contributed by atoms with Gasteiger partial charge in [-0.2, -0.15) is 0 Å². The van der Waals surface area contributed by atoms with Crippen molar-refractivity contribution in [1.82, 2.24) is 19.9 Å². The van der Waals surface area contributed by atoms with Crippen LogP contribution < -0.4 is 4.90 Å². The summed E-state index contributed by atoms with van der Waals surface area (Å²) >= 11 is 0. The minimum atomic E-state index is -0.703. The van der Waals surface area contributed by atoms with E-state index in [2.05, 4.69) is 10.1 Å². The molecular formula is C18H18FN5O4. The van der Waals surface area contributed by atoms with E-state index in [1.807, 2.05) is 4.90 Å². The Morgan fingerprint density at radius 3 is 2.82 bits per heavy atom. The van der Waals surface area contributed by atoms with Gasteiger partial charge in [0.05, 0.1) is 25.3 Å². The lowest BCUT2D eigenvalue weighted by Crippen LogP contribution is -2.71. The van der Waals surface area contributed by atoms with Crippen LogP contribution in [-0.2, 0) is 4.74 Å². The summed E-state index contributed by atoms with van der Waals surface area (Å²) in [4.78, 5) is 34.4. The molecule has 2 aromatic heterocycles. The number of aryl methyl sites for hydroxylation is 1. The molecule has 2 aromatic rings. The average molecular weight is 387 g/mol. The lowest BCUT2D eigenvalue weighted by Gasteiger charge is -2.51. The van der Waals surface area contributed by atoms with E-state index in [1.165, 1.54) is 6.07 Å². The Bertz CT molecular complexity index is 940. The molecule has 0 saturated carbocycles. The van der Waals surface area contributed by atoms with Crippen molar-refractivity contribution >= 4 is 17.8 Å². The number of anilines is 1. The van der Waals surface area contributed by atoms with E-state index in [9.17, 15) is 14.0 Å². The van der Waals surface area contributed by atoms with E-state index in [-0.39, 0.29) is 23.7 Å². The Labute approximate surface area is 159 Å². The number of aromatic nitrogens is 2. The van der Waals surface area contributed by atoms with Crippen LogP contribution in [0.3, 0.4) is 0 Å². The molecule has 0 radical (unpaired) electrons. The highest BCUT2D eigenvalue weighted by atomic mass is 19.1. The SMILES string of the molecule is Cc1cc(C(=O)N2CCN3C(=O)OC4(CN(c5ccc(F)cn5)C4)C3C2)no1. The van der Waals surface area contributed by atoms with Gasteiger partial charge in [0, 0.05) is 25.7 Å². The number of carbonyl (C=O) groups is 2. The van der Waals surface area contributed by atoms with E-state index >= 15 is 0 Å². The molecule has 5 heterocycles. The maximum Gasteiger partial charge on any atom is 0.411 e. The molecule has 9 nitrogen and oxygen atoms in total. The number of amides is 2. The zero-order chi connectivity index (χ0) is 19.5. The summed E-state index contributed by atoms with van der Waals surface area (Å²) in [5.74, 6) is 0.576. The Hall–Kier alpha value is -3.17. The Balaban J connectivity index is 1.33. The average Bonchev–Trinajstić information content (AvgIpc) is 3.22. The van der Waals surface area contributed by atoms with Gasteiger partial charge >= 0.3 is 6.09 Å². The first-order chi connectivity index (χ1) is 13.4. The number of piperazine rings is 1. The van der Waals surface area contributed by atoms with Crippen molar-refractivity contribution in [2.75, 3.05) is 37.6 Å². The first-order valence-electron chi connectivity index (χ1n) is 9.04. The molecule has 3 aliphatic rings. The lowest BCUT2D eigenvalue weighted by molar-refractivity contribution is -0.00682. The highest BCUT2D eigenvalue weighted by Gasteiger charge is 2.62. The van der Waals surface area contributed by atoms with Crippen LogP contribution in [0.15, 0.2) is 28.9 Å². The predicted octanol–water partition coefficient (Wildman–Crippen LogP) is 1.05. The van der Waals surface area contributed by atoms with E-state index in [4.69, 9.17) is 9.26 Å². The van der Waals surface area contributed by atoms with Crippen molar-refractivity contribution in [3.8, 4) is 0 Å². The molecule has 1 atom stereocenters. The fourth-order valence-corrected chi connectivity index (χ4v) is 4.16. The molecule has 2 amide bonds. The summed E-state index contributed by atoms with van der Waals surface area (Å²) in [6.07, 6.45) is 0.801. The maximum atomic E-state index is 13.1. The van der Waals surface area contributed by atoms with Gasteiger partial charge in [0.15, 0.2) is 11.3 Å². The standard InChI is InChI=1S/C18H18FN5O4/c1-11-6-13(21-28-11)16(25)22-4-5-24-14(8-22)18(27-17(24)26)9-23(10-18)15-3-2-12(19)7-20-15/h2-3,6-7,14H,4-5,8-10H2,1H3. The number of halogens is 1. The summed E-state index contributed by atoms with van der Waals surface area (Å²) in [5, 5.41) is 3.80. The van der Waals surface area contributed by atoms with Gasteiger partial charge in [-0.3, -0.25) is 9.69 Å². The van der Waals surface area contributed by atoms with Gasteiger partial charge in [-0.25, -0.2) is 14.2 Å². The quantitative estimate of drug-likeness (QED) is 0.761. The fraction of sp³-hybridized carbons (Fsp3) is 0.444. The molecule has 3 aliphatic heterocycles. The fourth-order valence-electron chi connectivity index (χ4n) is 4.16. The van der Waals surface area contributed by atoms with Crippen LogP contribution in [0.2, 0.25) is 0 Å². The van der Waals surface area contributed by atoms with Crippen molar-refractivity contribution in [3.05, 3.63) is 41.7 Å². The number of pyridine rings is 1. The summed E-state index contributed by atoms with van der Waals surface area (Å²) < 4.78 is 23.8. The molecule has 3 saturated heterocycles. The third kappa shape index (κ3) is 2.51. The van der Waals surface area contributed by atoms with Crippen LogP contribution >= 0.6 is 0 Å². The molecule has 10 heteroatoms. The van der Waals surface area contributed by atoms with Crippen molar-refractivity contribution in [1.29, 1.82) is 0 Å². The number of rotatable bonds is 2. The largest absolute Gasteiger partial charge is 0.437 e. The van der Waals surface area contributed by atoms with Gasteiger partial charge in [0.1, 0.15) is 17.4 Å². The summed E-state index contributed by atoms with van der Waals surface area (Å²) in [5.41, 5.74) is -0.442. The summed E-state index contributed by atoms with van der Waals surface area (Å²) in [6, 6.07) is 4.30.